The van der Waals surface area contributed by atoms with Gasteiger partial charge in [-0.25, -0.2) is 0 Å². The molecule has 90 valence electrons. The van der Waals surface area contributed by atoms with Gasteiger partial charge in [-0.1, -0.05) is 13.8 Å². The molecule has 0 aliphatic carbocycles. The second-order valence-electron chi connectivity index (χ2n) is 4.27. The predicted octanol–water partition coefficient (Wildman–Crippen LogP) is 0.773. The molecule has 0 aliphatic heterocycles. The molecule has 1 atom stereocenters. The number of hydrogen-bond donors (Lipinski definition) is 2. The Bertz CT molecular complexity index is 172. The highest BCUT2D eigenvalue weighted by Gasteiger charge is 2.08. The normalized spacial score (nSPS) is 12.9. The number of ether oxygens (including phenoxy) is 1. The van der Waals surface area contributed by atoms with Gasteiger partial charge in [-0.05, 0) is 19.3 Å². The van der Waals surface area contributed by atoms with Crippen LogP contribution in [0.2, 0.25) is 0 Å². The number of carbonyl (C=O) groups is 1. The van der Waals surface area contributed by atoms with E-state index in [4.69, 9.17) is 4.74 Å². The van der Waals surface area contributed by atoms with E-state index in [9.17, 15) is 4.79 Å². The zero-order valence-corrected chi connectivity index (χ0v) is 10.3. The summed E-state index contributed by atoms with van der Waals surface area (Å²) in [7, 11) is 1.65. The standard InChI is InChI=1S/C11H24N2O2/c1-9(2)7-10(3)13-11(14)8-12-5-6-15-4/h9-10,12H,5-8H2,1-4H3,(H,13,14). The highest BCUT2D eigenvalue weighted by Crippen LogP contribution is 2.03. The second kappa shape index (κ2) is 8.68. The number of methoxy groups -OCH3 is 1. The first-order valence-electron chi connectivity index (χ1n) is 5.55. The number of carbonyl (C=O) groups excluding carboxylic acids is 1. The molecule has 4 heteroatoms. The highest BCUT2D eigenvalue weighted by molar-refractivity contribution is 5.78. The van der Waals surface area contributed by atoms with E-state index in [1.807, 2.05) is 6.92 Å². The van der Waals surface area contributed by atoms with E-state index in [2.05, 4.69) is 24.5 Å². The largest absolute Gasteiger partial charge is 0.383 e. The molecule has 15 heavy (non-hydrogen) atoms. The van der Waals surface area contributed by atoms with Crippen LogP contribution in [-0.4, -0.2) is 38.8 Å². The van der Waals surface area contributed by atoms with E-state index in [1.165, 1.54) is 0 Å². The summed E-state index contributed by atoms with van der Waals surface area (Å²) >= 11 is 0. The Hall–Kier alpha value is -0.610. The average molecular weight is 216 g/mol. The molecular formula is C11H24N2O2. The van der Waals surface area contributed by atoms with Crippen LogP contribution in [0.1, 0.15) is 27.2 Å². The maximum absolute atomic E-state index is 11.4. The van der Waals surface area contributed by atoms with Crippen molar-refractivity contribution in [1.29, 1.82) is 0 Å². The molecule has 0 aliphatic rings. The topological polar surface area (TPSA) is 50.4 Å². The van der Waals surface area contributed by atoms with Crippen LogP contribution in [0.5, 0.6) is 0 Å². The summed E-state index contributed by atoms with van der Waals surface area (Å²) < 4.78 is 4.86. The van der Waals surface area contributed by atoms with Crippen LogP contribution in [0.3, 0.4) is 0 Å². The van der Waals surface area contributed by atoms with Crippen LogP contribution >= 0.6 is 0 Å². The zero-order valence-electron chi connectivity index (χ0n) is 10.3. The first kappa shape index (κ1) is 14.4. The first-order valence-corrected chi connectivity index (χ1v) is 5.55. The minimum atomic E-state index is 0.0549. The molecule has 0 heterocycles. The molecule has 0 radical (unpaired) electrons. The Kier molecular flexibility index (Phi) is 8.33. The van der Waals surface area contributed by atoms with E-state index in [0.29, 0.717) is 25.6 Å². The lowest BCUT2D eigenvalue weighted by atomic mass is 10.1. The quantitative estimate of drug-likeness (QED) is 0.589. The average Bonchev–Trinajstić information content (AvgIpc) is 2.10. The monoisotopic (exact) mass is 216 g/mol. The fourth-order valence-corrected chi connectivity index (χ4v) is 1.47. The minimum absolute atomic E-state index is 0.0549. The molecule has 4 nitrogen and oxygen atoms in total. The third-order valence-corrected chi connectivity index (χ3v) is 2.00. The molecule has 0 aromatic carbocycles. The molecule has 0 aromatic rings. The molecule has 0 saturated carbocycles. The van der Waals surface area contributed by atoms with Crippen molar-refractivity contribution in [2.75, 3.05) is 26.8 Å². The lowest BCUT2D eigenvalue weighted by Crippen LogP contribution is -2.40. The van der Waals surface area contributed by atoms with Gasteiger partial charge >= 0.3 is 0 Å². The number of nitrogens with one attached hydrogen (secondary N) is 2. The van der Waals surface area contributed by atoms with Gasteiger partial charge in [0.25, 0.3) is 0 Å². The summed E-state index contributed by atoms with van der Waals surface area (Å²) in [5, 5.41) is 5.95. The van der Waals surface area contributed by atoms with Crippen LogP contribution < -0.4 is 10.6 Å². The number of hydrogen-bond acceptors (Lipinski definition) is 3. The van der Waals surface area contributed by atoms with Gasteiger partial charge in [0.1, 0.15) is 0 Å². The van der Waals surface area contributed by atoms with Gasteiger partial charge in [-0.2, -0.15) is 0 Å². The van der Waals surface area contributed by atoms with Crippen molar-refractivity contribution in [3.63, 3.8) is 0 Å². The van der Waals surface area contributed by atoms with Gasteiger partial charge in [0.2, 0.25) is 5.91 Å². The molecule has 2 N–H and O–H groups in total. The zero-order chi connectivity index (χ0) is 11.7. The van der Waals surface area contributed by atoms with E-state index in [-0.39, 0.29) is 11.9 Å². The third-order valence-electron chi connectivity index (χ3n) is 2.00. The Labute approximate surface area is 92.8 Å². The van der Waals surface area contributed by atoms with Crippen LogP contribution in [0.4, 0.5) is 0 Å². The summed E-state index contributed by atoms with van der Waals surface area (Å²) in [6.07, 6.45) is 1.02. The number of amides is 1. The lowest BCUT2D eigenvalue weighted by molar-refractivity contribution is -0.120. The van der Waals surface area contributed by atoms with Crippen molar-refractivity contribution in [3.05, 3.63) is 0 Å². The van der Waals surface area contributed by atoms with Crippen LogP contribution in [0, 0.1) is 5.92 Å². The van der Waals surface area contributed by atoms with Crippen molar-refractivity contribution in [2.24, 2.45) is 5.92 Å². The molecular weight excluding hydrogens is 192 g/mol. The second-order valence-corrected chi connectivity index (χ2v) is 4.27. The first-order chi connectivity index (χ1) is 7.06. The Morgan fingerprint density at radius 3 is 2.53 bits per heavy atom. The Morgan fingerprint density at radius 1 is 1.33 bits per heavy atom. The van der Waals surface area contributed by atoms with Crippen molar-refractivity contribution in [1.82, 2.24) is 10.6 Å². The molecule has 0 spiro atoms. The van der Waals surface area contributed by atoms with Crippen LogP contribution in [-0.2, 0) is 9.53 Å². The molecule has 0 saturated heterocycles. The molecule has 1 amide bonds. The van der Waals surface area contributed by atoms with Gasteiger partial charge < -0.3 is 15.4 Å². The predicted molar refractivity (Wildman–Crippen MR) is 61.8 cm³/mol. The van der Waals surface area contributed by atoms with Crippen molar-refractivity contribution in [3.8, 4) is 0 Å². The van der Waals surface area contributed by atoms with Gasteiger partial charge in [0.05, 0.1) is 13.2 Å². The fraction of sp³-hybridized carbons (Fsp3) is 0.909. The molecule has 0 rings (SSSR count). The fourth-order valence-electron chi connectivity index (χ4n) is 1.47. The van der Waals surface area contributed by atoms with E-state index in [0.717, 1.165) is 6.42 Å². The maximum atomic E-state index is 11.4. The summed E-state index contributed by atoms with van der Waals surface area (Å²) in [5.41, 5.74) is 0. The SMILES string of the molecule is COCCNCC(=O)NC(C)CC(C)C. The summed E-state index contributed by atoms with van der Waals surface area (Å²) in [5.74, 6) is 0.668. The van der Waals surface area contributed by atoms with E-state index in [1.54, 1.807) is 7.11 Å². The van der Waals surface area contributed by atoms with Crippen molar-refractivity contribution < 1.29 is 9.53 Å². The highest BCUT2D eigenvalue weighted by atomic mass is 16.5. The van der Waals surface area contributed by atoms with Crippen molar-refractivity contribution in [2.45, 2.75) is 33.2 Å². The van der Waals surface area contributed by atoms with E-state index < -0.39 is 0 Å². The molecule has 0 aromatic heterocycles. The molecule has 0 bridgehead atoms. The Morgan fingerprint density at radius 2 is 2.00 bits per heavy atom. The summed E-state index contributed by atoms with van der Waals surface area (Å²) in [6.45, 7) is 8.05. The van der Waals surface area contributed by atoms with Gasteiger partial charge in [0, 0.05) is 19.7 Å². The van der Waals surface area contributed by atoms with Crippen LogP contribution in [0.25, 0.3) is 0 Å². The Balaban J connectivity index is 3.47. The maximum Gasteiger partial charge on any atom is 0.234 e. The summed E-state index contributed by atoms with van der Waals surface area (Å²) in [4.78, 5) is 11.4. The van der Waals surface area contributed by atoms with Crippen LogP contribution in [0.15, 0.2) is 0 Å². The van der Waals surface area contributed by atoms with Gasteiger partial charge in [-0.15, -0.1) is 0 Å². The number of rotatable bonds is 8. The van der Waals surface area contributed by atoms with E-state index >= 15 is 0 Å². The lowest BCUT2D eigenvalue weighted by Gasteiger charge is -2.16. The minimum Gasteiger partial charge on any atom is -0.383 e. The van der Waals surface area contributed by atoms with Crippen molar-refractivity contribution >= 4 is 5.91 Å². The smallest absolute Gasteiger partial charge is 0.234 e. The summed E-state index contributed by atoms with van der Waals surface area (Å²) in [6, 6.07) is 0.252. The molecule has 0 fully saturated rings. The van der Waals surface area contributed by atoms with Gasteiger partial charge in [-0.3, -0.25) is 4.79 Å². The third kappa shape index (κ3) is 9.69. The van der Waals surface area contributed by atoms with Gasteiger partial charge in [0.15, 0.2) is 0 Å². The molecule has 1 unspecified atom stereocenters.